The van der Waals surface area contributed by atoms with E-state index in [1.165, 1.54) is 16.9 Å². The van der Waals surface area contributed by atoms with Crippen LogP contribution in [0.5, 0.6) is 0 Å². The summed E-state index contributed by atoms with van der Waals surface area (Å²) in [4.78, 5) is 27.7. The van der Waals surface area contributed by atoms with Crippen molar-refractivity contribution >= 4 is 23.2 Å². The van der Waals surface area contributed by atoms with Gasteiger partial charge in [-0.3, -0.25) is 14.3 Å². The van der Waals surface area contributed by atoms with Crippen molar-refractivity contribution in [1.29, 1.82) is 5.26 Å². The lowest BCUT2D eigenvalue weighted by Gasteiger charge is -2.34. The normalized spacial score (nSPS) is 15.5. The number of rotatable bonds is 6. The Kier molecular flexibility index (Phi) is 6.57. The van der Waals surface area contributed by atoms with E-state index >= 15 is 0 Å². The summed E-state index contributed by atoms with van der Waals surface area (Å²) >= 11 is 0. The number of ether oxygens (including phenoxy) is 1. The average Bonchev–Trinajstić information content (AvgIpc) is 3.21. The van der Waals surface area contributed by atoms with Crippen LogP contribution in [0.4, 0.5) is 24.5 Å². The maximum atomic E-state index is 13.4. The number of anilines is 2. The second-order valence-electron chi connectivity index (χ2n) is 8.03. The van der Waals surface area contributed by atoms with E-state index in [9.17, 15) is 22.8 Å². The number of hydrogen-bond donors (Lipinski definition) is 1. The van der Waals surface area contributed by atoms with E-state index < -0.39 is 18.7 Å². The minimum absolute atomic E-state index is 0.200. The minimum atomic E-state index is -4.40. The zero-order valence-corrected chi connectivity index (χ0v) is 18.5. The molecule has 1 N–H and O–H groups in total. The van der Waals surface area contributed by atoms with Crippen LogP contribution in [-0.4, -0.2) is 40.4 Å². The van der Waals surface area contributed by atoms with Crippen LogP contribution in [0.25, 0.3) is 0 Å². The molecule has 1 aliphatic rings. The molecule has 1 aromatic heterocycles. The van der Waals surface area contributed by atoms with Crippen LogP contribution >= 0.6 is 0 Å². The number of benzene rings is 2. The van der Waals surface area contributed by atoms with Crippen molar-refractivity contribution in [2.24, 2.45) is 0 Å². The van der Waals surface area contributed by atoms with Gasteiger partial charge in [0.15, 0.2) is 0 Å². The van der Waals surface area contributed by atoms with E-state index in [4.69, 9.17) is 5.26 Å². The lowest BCUT2D eigenvalue weighted by Crippen LogP contribution is -2.47. The van der Waals surface area contributed by atoms with Crippen molar-refractivity contribution in [3.05, 3.63) is 77.1 Å². The van der Waals surface area contributed by atoms with Crippen LogP contribution in [-0.2, 0) is 17.9 Å². The Balaban J connectivity index is 1.52. The summed E-state index contributed by atoms with van der Waals surface area (Å²) in [5, 5.41) is 16.0. The van der Waals surface area contributed by atoms with Crippen molar-refractivity contribution in [2.75, 3.05) is 16.8 Å². The molecule has 0 unspecified atom stereocenters. The fourth-order valence-corrected chi connectivity index (χ4v) is 3.82. The van der Waals surface area contributed by atoms with Gasteiger partial charge >= 0.3 is 6.18 Å². The quantitative estimate of drug-likeness (QED) is 0.568. The third kappa shape index (κ3) is 5.33. The molecular formula is C24H20F3N5O3. The Morgan fingerprint density at radius 2 is 2.00 bits per heavy atom. The molecule has 180 valence electrons. The molecule has 0 radical (unpaired) electrons. The molecule has 0 bridgehead atoms. The first kappa shape index (κ1) is 24.0. The molecule has 11 heteroatoms. The van der Waals surface area contributed by atoms with E-state index in [0.717, 1.165) is 0 Å². The summed E-state index contributed by atoms with van der Waals surface area (Å²) in [6.45, 7) is 0.667. The van der Waals surface area contributed by atoms with Gasteiger partial charge in [-0.05, 0) is 42.8 Å². The second kappa shape index (κ2) is 9.60. The number of nitrogens with zero attached hydrogens (tertiary/aromatic N) is 4. The number of carbonyl (C=O) groups excluding carboxylic acids is 2. The fraction of sp³-hybridized carbons (Fsp3) is 0.250. The first-order valence-corrected chi connectivity index (χ1v) is 10.6. The zero-order chi connectivity index (χ0) is 25.2. The van der Waals surface area contributed by atoms with Gasteiger partial charge in [-0.15, -0.1) is 0 Å². The van der Waals surface area contributed by atoms with Crippen LogP contribution in [0, 0.1) is 11.3 Å². The molecule has 2 heterocycles. The van der Waals surface area contributed by atoms with Gasteiger partial charge in [0.2, 0.25) is 0 Å². The van der Waals surface area contributed by atoms with Crippen LogP contribution in [0.15, 0.2) is 54.7 Å². The molecule has 1 aliphatic heterocycles. The molecule has 4 rings (SSSR count). The van der Waals surface area contributed by atoms with Crippen LogP contribution in [0.2, 0.25) is 0 Å². The molecule has 0 fully saturated rings. The number of nitrogens with one attached hydrogen (secondary N) is 1. The van der Waals surface area contributed by atoms with E-state index in [1.54, 1.807) is 47.4 Å². The van der Waals surface area contributed by atoms with Gasteiger partial charge in [-0.25, -0.2) is 0 Å². The SMILES string of the molecule is C[C@H]1Cn2ncc(NC(=O)c3cccc(C#N)c3)c2C(=O)N1c1ccc(COCC(F)(F)F)cc1. The zero-order valence-electron chi connectivity index (χ0n) is 18.5. The number of fused-ring (bicyclic) bond motifs is 1. The highest BCUT2D eigenvalue weighted by Gasteiger charge is 2.34. The first-order valence-electron chi connectivity index (χ1n) is 10.6. The molecular weight excluding hydrogens is 463 g/mol. The van der Waals surface area contributed by atoms with Gasteiger partial charge < -0.3 is 15.0 Å². The number of alkyl halides is 3. The number of amides is 2. The van der Waals surface area contributed by atoms with Crippen molar-refractivity contribution in [3.63, 3.8) is 0 Å². The Hall–Kier alpha value is -4.17. The highest BCUT2D eigenvalue weighted by Crippen LogP contribution is 2.29. The lowest BCUT2D eigenvalue weighted by molar-refractivity contribution is -0.176. The monoisotopic (exact) mass is 483 g/mol. The number of carbonyl (C=O) groups is 2. The largest absolute Gasteiger partial charge is 0.411 e. The molecule has 0 aliphatic carbocycles. The maximum absolute atomic E-state index is 13.4. The standard InChI is InChI=1S/C24H20F3N5O3/c1-15-12-31-21(20(11-29-31)30-22(33)18-4-2-3-17(9-18)10-28)23(34)32(15)19-7-5-16(6-8-19)13-35-14-24(25,26)27/h2-9,11,15H,12-14H2,1H3,(H,30,33)/t15-/m0/s1. The number of halogens is 3. The minimum Gasteiger partial charge on any atom is -0.367 e. The lowest BCUT2D eigenvalue weighted by atomic mass is 10.1. The fourth-order valence-electron chi connectivity index (χ4n) is 3.82. The molecule has 1 atom stereocenters. The summed E-state index contributed by atoms with van der Waals surface area (Å²) in [7, 11) is 0. The highest BCUT2D eigenvalue weighted by atomic mass is 19.4. The van der Waals surface area contributed by atoms with Gasteiger partial charge in [0, 0.05) is 11.3 Å². The highest BCUT2D eigenvalue weighted by molar-refractivity contribution is 6.13. The Bertz CT molecular complexity index is 1290. The van der Waals surface area contributed by atoms with Gasteiger partial charge in [-0.2, -0.15) is 23.5 Å². The molecule has 0 saturated carbocycles. The summed E-state index contributed by atoms with van der Waals surface area (Å²) in [6, 6.07) is 14.4. The third-order valence-corrected chi connectivity index (χ3v) is 5.39. The molecule has 3 aromatic rings. The van der Waals surface area contributed by atoms with Crippen molar-refractivity contribution in [3.8, 4) is 6.07 Å². The summed E-state index contributed by atoms with van der Waals surface area (Å²) in [6.07, 6.45) is -3.00. The van der Waals surface area contributed by atoms with Crippen molar-refractivity contribution in [1.82, 2.24) is 9.78 Å². The number of aromatic nitrogens is 2. The summed E-state index contributed by atoms with van der Waals surface area (Å²) in [5.41, 5.74) is 2.11. The van der Waals surface area contributed by atoms with Crippen molar-refractivity contribution in [2.45, 2.75) is 32.3 Å². The van der Waals surface area contributed by atoms with Gasteiger partial charge in [0.1, 0.15) is 12.3 Å². The van der Waals surface area contributed by atoms with E-state index in [0.29, 0.717) is 23.4 Å². The topological polar surface area (TPSA) is 100 Å². The van der Waals surface area contributed by atoms with Crippen molar-refractivity contribution < 1.29 is 27.5 Å². The van der Waals surface area contributed by atoms with Crippen LogP contribution in [0.3, 0.4) is 0 Å². The molecule has 2 amide bonds. The smallest absolute Gasteiger partial charge is 0.367 e. The van der Waals surface area contributed by atoms with E-state index in [2.05, 4.69) is 15.2 Å². The summed E-state index contributed by atoms with van der Waals surface area (Å²) < 4.78 is 43.0. The van der Waals surface area contributed by atoms with Gasteiger partial charge in [-0.1, -0.05) is 18.2 Å². The molecule has 2 aromatic carbocycles. The van der Waals surface area contributed by atoms with Crippen LogP contribution in [0.1, 0.15) is 38.9 Å². The first-order chi connectivity index (χ1) is 16.7. The Morgan fingerprint density at radius 3 is 2.69 bits per heavy atom. The Morgan fingerprint density at radius 1 is 1.26 bits per heavy atom. The second-order valence-corrected chi connectivity index (χ2v) is 8.03. The van der Waals surface area contributed by atoms with E-state index in [1.807, 2.05) is 13.0 Å². The molecule has 0 spiro atoms. The molecule has 35 heavy (non-hydrogen) atoms. The number of nitriles is 1. The third-order valence-electron chi connectivity index (χ3n) is 5.39. The Labute approximate surface area is 198 Å². The van der Waals surface area contributed by atoms with Gasteiger partial charge in [0.05, 0.1) is 42.7 Å². The number of hydrogen-bond acceptors (Lipinski definition) is 5. The van der Waals surface area contributed by atoms with Gasteiger partial charge in [0.25, 0.3) is 11.8 Å². The molecule has 8 nitrogen and oxygen atoms in total. The predicted octanol–water partition coefficient (Wildman–Crippen LogP) is 4.13. The average molecular weight is 483 g/mol. The summed E-state index contributed by atoms with van der Waals surface area (Å²) in [5.74, 6) is -0.873. The predicted molar refractivity (Wildman–Crippen MR) is 120 cm³/mol. The van der Waals surface area contributed by atoms with E-state index in [-0.39, 0.29) is 35.5 Å². The maximum Gasteiger partial charge on any atom is 0.411 e. The molecule has 0 saturated heterocycles. The van der Waals surface area contributed by atoms with Crippen LogP contribution < -0.4 is 10.2 Å².